The fraction of sp³-hybridized carbons (Fsp3) is 0.158. The molecule has 2 aromatic carbocycles. The molecule has 3 N–H and O–H groups in total. The van der Waals surface area contributed by atoms with Gasteiger partial charge in [0.05, 0.1) is 36.2 Å². The normalized spacial score (nSPS) is 13.8. The summed E-state index contributed by atoms with van der Waals surface area (Å²) in [7, 11) is 0. The van der Waals surface area contributed by atoms with E-state index < -0.39 is 12.1 Å². The number of imidazole rings is 1. The van der Waals surface area contributed by atoms with E-state index in [1.807, 2.05) is 59.0 Å². The molecule has 25 heavy (non-hydrogen) atoms. The number of fused-ring (bicyclic) bond motifs is 3. The molecule has 2 aromatic heterocycles. The Morgan fingerprint density at radius 1 is 1.00 bits per heavy atom. The van der Waals surface area contributed by atoms with Crippen LogP contribution in [0.2, 0.25) is 0 Å². The van der Waals surface area contributed by atoms with Gasteiger partial charge in [-0.15, -0.1) is 0 Å². The van der Waals surface area contributed by atoms with Crippen LogP contribution in [0.4, 0.5) is 5.82 Å². The summed E-state index contributed by atoms with van der Waals surface area (Å²) >= 11 is 0. The van der Waals surface area contributed by atoms with Crippen molar-refractivity contribution in [3.05, 3.63) is 72.7 Å². The fourth-order valence-electron chi connectivity index (χ4n) is 2.99. The number of para-hydroxylation sites is 2. The van der Waals surface area contributed by atoms with Crippen molar-refractivity contribution in [2.75, 3.05) is 11.9 Å². The summed E-state index contributed by atoms with van der Waals surface area (Å²) in [6, 6.07) is 16.4. The Morgan fingerprint density at radius 3 is 2.56 bits per heavy atom. The predicted octanol–water partition coefficient (Wildman–Crippen LogP) is 2.39. The maximum Gasteiger partial charge on any atom is 0.153 e. The molecule has 0 saturated carbocycles. The third-order valence-corrected chi connectivity index (χ3v) is 4.30. The van der Waals surface area contributed by atoms with Crippen molar-refractivity contribution in [3.8, 4) is 0 Å². The highest BCUT2D eigenvalue weighted by Gasteiger charge is 2.22. The average molecular weight is 334 g/mol. The van der Waals surface area contributed by atoms with Gasteiger partial charge in [0.15, 0.2) is 5.82 Å². The second-order valence-corrected chi connectivity index (χ2v) is 5.89. The standard InChI is InChI=1S/C19H18N4O2/c24-11-15(18(25)13-6-2-1-3-7-13)22-19-17-10-20-12-23(17)16-9-5-4-8-14(16)21-19/h1-10,12,15,18,24-25H,11H2,(H,21,22). The van der Waals surface area contributed by atoms with Gasteiger partial charge >= 0.3 is 0 Å². The van der Waals surface area contributed by atoms with Crippen LogP contribution in [0, 0.1) is 0 Å². The van der Waals surface area contributed by atoms with Gasteiger partial charge in [0.1, 0.15) is 11.6 Å². The minimum Gasteiger partial charge on any atom is -0.394 e. The number of aliphatic hydroxyl groups is 2. The van der Waals surface area contributed by atoms with Gasteiger partial charge in [0.25, 0.3) is 0 Å². The number of anilines is 1. The van der Waals surface area contributed by atoms with E-state index in [4.69, 9.17) is 0 Å². The minimum absolute atomic E-state index is 0.231. The van der Waals surface area contributed by atoms with Gasteiger partial charge in [-0.2, -0.15) is 0 Å². The highest BCUT2D eigenvalue weighted by molar-refractivity contribution is 5.84. The molecule has 4 rings (SSSR count). The Labute approximate surface area is 144 Å². The molecule has 0 fully saturated rings. The van der Waals surface area contributed by atoms with Crippen LogP contribution < -0.4 is 5.32 Å². The third kappa shape index (κ3) is 2.82. The van der Waals surface area contributed by atoms with Crippen LogP contribution in [0.25, 0.3) is 16.6 Å². The van der Waals surface area contributed by atoms with Crippen LogP contribution in [-0.2, 0) is 0 Å². The van der Waals surface area contributed by atoms with Crippen LogP contribution in [-0.4, -0.2) is 37.2 Å². The summed E-state index contributed by atoms with van der Waals surface area (Å²) < 4.78 is 1.94. The van der Waals surface area contributed by atoms with Gasteiger partial charge in [0.2, 0.25) is 0 Å². The minimum atomic E-state index is -0.859. The number of hydrogen-bond donors (Lipinski definition) is 3. The molecule has 0 aliphatic heterocycles. The second-order valence-electron chi connectivity index (χ2n) is 5.89. The molecule has 0 saturated heterocycles. The summed E-state index contributed by atoms with van der Waals surface area (Å²) in [5.41, 5.74) is 3.28. The molecule has 126 valence electrons. The van der Waals surface area contributed by atoms with Crippen LogP contribution in [0.5, 0.6) is 0 Å². The van der Waals surface area contributed by atoms with Gasteiger partial charge in [-0.1, -0.05) is 42.5 Å². The van der Waals surface area contributed by atoms with E-state index in [0.717, 1.165) is 22.1 Å². The lowest BCUT2D eigenvalue weighted by Gasteiger charge is -2.23. The Kier molecular flexibility index (Phi) is 4.05. The van der Waals surface area contributed by atoms with Crippen molar-refractivity contribution in [2.24, 2.45) is 0 Å². The van der Waals surface area contributed by atoms with E-state index in [0.29, 0.717) is 5.82 Å². The molecule has 2 heterocycles. The smallest absolute Gasteiger partial charge is 0.153 e. The number of nitrogens with zero attached hydrogens (tertiary/aromatic N) is 3. The summed E-state index contributed by atoms with van der Waals surface area (Å²) in [6.45, 7) is -0.231. The van der Waals surface area contributed by atoms with Crippen LogP contribution in [0.15, 0.2) is 67.1 Å². The Balaban J connectivity index is 1.74. The lowest BCUT2D eigenvalue weighted by Crippen LogP contribution is -2.31. The second kappa shape index (κ2) is 6.51. The topological polar surface area (TPSA) is 82.7 Å². The van der Waals surface area contributed by atoms with Crippen molar-refractivity contribution >= 4 is 22.4 Å². The van der Waals surface area contributed by atoms with E-state index in [1.54, 1.807) is 12.5 Å². The first-order chi connectivity index (χ1) is 12.3. The van der Waals surface area contributed by atoms with Crippen molar-refractivity contribution in [2.45, 2.75) is 12.1 Å². The Bertz CT molecular complexity index is 1000. The highest BCUT2D eigenvalue weighted by atomic mass is 16.3. The number of nitrogens with one attached hydrogen (secondary N) is 1. The Hall–Kier alpha value is -2.96. The first kappa shape index (κ1) is 15.6. The van der Waals surface area contributed by atoms with E-state index in [2.05, 4.69) is 15.3 Å². The number of rotatable bonds is 5. The van der Waals surface area contributed by atoms with Crippen molar-refractivity contribution < 1.29 is 10.2 Å². The maximum atomic E-state index is 10.6. The molecule has 4 aromatic rings. The first-order valence-corrected chi connectivity index (χ1v) is 8.09. The SMILES string of the molecule is OCC(Nc1nc2ccccc2n2cncc12)C(O)c1ccccc1. The lowest BCUT2D eigenvalue weighted by molar-refractivity contribution is 0.118. The number of aliphatic hydroxyl groups excluding tert-OH is 2. The third-order valence-electron chi connectivity index (χ3n) is 4.30. The number of aromatic nitrogens is 3. The molecule has 6 heteroatoms. The monoisotopic (exact) mass is 334 g/mol. The number of benzene rings is 2. The molecular weight excluding hydrogens is 316 g/mol. The highest BCUT2D eigenvalue weighted by Crippen LogP contribution is 2.25. The van der Waals surface area contributed by atoms with Gasteiger partial charge in [-0.05, 0) is 17.7 Å². The van der Waals surface area contributed by atoms with Crippen molar-refractivity contribution in [3.63, 3.8) is 0 Å². The zero-order valence-corrected chi connectivity index (χ0v) is 13.4. The van der Waals surface area contributed by atoms with E-state index >= 15 is 0 Å². The molecule has 0 radical (unpaired) electrons. The molecular formula is C19H18N4O2. The summed E-state index contributed by atoms with van der Waals surface area (Å²) in [5.74, 6) is 0.574. The zero-order chi connectivity index (χ0) is 17.2. The summed E-state index contributed by atoms with van der Waals surface area (Å²) in [5, 5.41) is 23.6. The van der Waals surface area contributed by atoms with Gasteiger partial charge < -0.3 is 15.5 Å². The molecule has 0 spiro atoms. The molecule has 0 amide bonds. The molecule has 0 bridgehead atoms. The molecule has 0 aliphatic rings. The molecule has 6 nitrogen and oxygen atoms in total. The van der Waals surface area contributed by atoms with Crippen LogP contribution in [0.1, 0.15) is 11.7 Å². The lowest BCUT2D eigenvalue weighted by atomic mass is 10.0. The average Bonchev–Trinajstić information content (AvgIpc) is 3.16. The molecule has 2 atom stereocenters. The zero-order valence-electron chi connectivity index (χ0n) is 13.4. The van der Waals surface area contributed by atoms with Gasteiger partial charge in [0, 0.05) is 0 Å². The molecule has 0 aliphatic carbocycles. The van der Waals surface area contributed by atoms with Crippen LogP contribution >= 0.6 is 0 Å². The quantitative estimate of drug-likeness (QED) is 0.522. The fourth-order valence-corrected chi connectivity index (χ4v) is 2.99. The first-order valence-electron chi connectivity index (χ1n) is 8.09. The van der Waals surface area contributed by atoms with E-state index in [9.17, 15) is 10.2 Å². The largest absolute Gasteiger partial charge is 0.394 e. The summed E-state index contributed by atoms with van der Waals surface area (Å²) in [4.78, 5) is 8.85. The predicted molar refractivity (Wildman–Crippen MR) is 96.4 cm³/mol. The van der Waals surface area contributed by atoms with E-state index in [1.165, 1.54) is 0 Å². The van der Waals surface area contributed by atoms with Crippen molar-refractivity contribution in [1.82, 2.24) is 14.4 Å². The summed E-state index contributed by atoms with van der Waals surface area (Å²) in [6.07, 6.45) is 2.58. The van der Waals surface area contributed by atoms with Gasteiger partial charge in [-0.3, -0.25) is 4.40 Å². The molecule has 2 unspecified atom stereocenters. The maximum absolute atomic E-state index is 10.6. The Morgan fingerprint density at radius 2 is 1.76 bits per heavy atom. The van der Waals surface area contributed by atoms with Gasteiger partial charge in [-0.25, -0.2) is 9.97 Å². The number of hydrogen-bond acceptors (Lipinski definition) is 5. The van der Waals surface area contributed by atoms with Crippen LogP contribution in [0.3, 0.4) is 0 Å². The van der Waals surface area contributed by atoms with Crippen molar-refractivity contribution in [1.29, 1.82) is 0 Å². The van der Waals surface area contributed by atoms with E-state index in [-0.39, 0.29) is 6.61 Å².